The number of rotatable bonds is 5. The summed E-state index contributed by atoms with van der Waals surface area (Å²) >= 11 is 0. The van der Waals surface area contributed by atoms with E-state index in [-0.39, 0.29) is 0 Å². The smallest absolute Gasteiger partial charge is 0.155 e. The quantitative estimate of drug-likeness (QED) is 0.913. The first-order valence-electron chi connectivity index (χ1n) is 8.10. The topological polar surface area (TPSA) is 42.2 Å². The predicted octanol–water partition coefficient (Wildman–Crippen LogP) is 3.58. The van der Waals surface area contributed by atoms with Gasteiger partial charge in [0.2, 0.25) is 0 Å². The molecule has 1 fully saturated rings. The van der Waals surface area contributed by atoms with Crippen LogP contribution in [0.5, 0.6) is 0 Å². The number of hydrogen-bond acceptors (Lipinski definition) is 3. The summed E-state index contributed by atoms with van der Waals surface area (Å²) in [4.78, 5) is 4.54. The van der Waals surface area contributed by atoms with Crippen LogP contribution in [0.3, 0.4) is 0 Å². The molecule has 1 unspecified atom stereocenters. The molecule has 4 nitrogen and oxygen atoms in total. The van der Waals surface area contributed by atoms with E-state index in [2.05, 4.69) is 36.2 Å². The lowest BCUT2D eigenvalue weighted by Gasteiger charge is -2.42. The summed E-state index contributed by atoms with van der Waals surface area (Å²) in [7, 11) is 0. The van der Waals surface area contributed by atoms with Gasteiger partial charge in [0.25, 0.3) is 0 Å². The molecule has 2 aromatic heterocycles. The number of fused-ring (bicyclic) bond motifs is 1. The highest BCUT2D eigenvalue weighted by atomic mass is 15.3. The lowest BCUT2D eigenvalue weighted by molar-refractivity contribution is 0.120. The van der Waals surface area contributed by atoms with Crippen molar-refractivity contribution in [2.75, 3.05) is 6.54 Å². The summed E-state index contributed by atoms with van der Waals surface area (Å²) < 4.78 is 1.96. The van der Waals surface area contributed by atoms with Gasteiger partial charge < -0.3 is 5.32 Å². The van der Waals surface area contributed by atoms with Gasteiger partial charge in [-0.1, -0.05) is 13.3 Å². The third kappa shape index (κ3) is 2.57. The predicted molar refractivity (Wildman–Crippen MR) is 85.5 cm³/mol. The van der Waals surface area contributed by atoms with E-state index in [1.807, 2.05) is 23.7 Å². The van der Waals surface area contributed by atoms with Crippen molar-refractivity contribution < 1.29 is 0 Å². The summed E-state index contributed by atoms with van der Waals surface area (Å²) in [5.74, 6) is 0. The van der Waals surface area contributed by atoms with Gasteiger partial charge in [0.05, 0.1) is 5.69 Å². The first-order chi connectivity index (χ1) is 10.0. The van der Waals surface area contributed by atoms with Crippen LogP contribution < -0.4 is 5.32 Å². The zero-order chi connectivity index (χ0) is 15.0. The summed E-state index contributed by atoms with van der Waals surface area (Å²) in [5.41, 5.74) is 4.93. The summed E-state index contributed by atoms with van der Waals surface area (Å²) in [6.07, 6.45) is 7.42. The second-order valence-electron chi connectivity index (χ2n) is 6.66. The molecule has 1 atom stereocenters. The molecule has 1 N–H and O–H groups in total. The molecule has 2 heterocycles. The van der Waals surface area contributed by atoms with Crippen LogP contribution in [0.25, 0.3) is 5.65 Å². The van der Waals surface area contributed by atoms with E-state index >= 15 is 0 Å². The van der Waals surface area contributed by atoms with Gasteiger partial charge in [0.1, 0.15) is 0 Å². The maximum absolute atomic E-state index is 4.54. The average Bonchev–Trinajstić information content (AvgIpc) is 2.80. The molecule has 0 bridgehead atoms. The van der Waals surface area contributed by atoms with E-state index in [1.54, 1.807) is 0 Å². The van der Waals surface area contributed by atoms with E-state index < -0.39 is 0 Å². The minimum Gasteiger partial charge on any atom is -0.310 e. The van der Waals surface area contributed by atoms with Crippen molar-refractivity contribution in [3.05, 3.63) is 29.2 Å². The van der Waals surface area contributed by atoms with E-state index in [9.17, 15) is 0 Å². The van der Waals surface area contributed by atoms with Crippen LogP contribution in [0.4, 0.5) is 0 Å². The lowest BCUT2D eigenvalue weighted by Crippen LogP contribution is -2.40. The van der Waals surface area contributed by atoms with Gasteiger partial charge in [0.15, 0.2) is 5.65 Å². The van der Waals surface area contributed by atoms with E-state index in [0.717, 1.165) is 17.9 Å². The Balaban J connectivity index is 1.78. The van der Waals surface area contributed by atoms with Crippen LogP contribution >= 0.6 is 0 Å². The largest absolute Gasteiger partial charge is 0.310 e. The van der Waals surface area contributed by atoms with Crippen molar-refractivity contribution in [3.63, 3.8) is 0 Å². The van der Waals surface area contributed by atoms with Crippen LogP contribution in [0.1, 0.15) is 62.5 Å². The van der Waals surface area contributed by atoms with Crippen molar-refractivity contribution in [1.29, 1.82) is 0 Å². The Hall–Kier alpha value is -1.42. The fourth-order valence-corrected chi connectivity index (χ4v) is 3.41. The third-order valence-corrected chi connectivity index (χ3v) is 5.30. The van der Waals surface area contributed by atoms with Crippen molar-refractivity contribution in [3.8, 4) is 0 Å². The van der Waals surface area contributed by atoms with Gasteiger partial charge >= 0.3 is 0 Å². The molecule has 21 heavy (non-hydrogen) atoms. The number of aromatic nitrogens is 3. The molecule has 0 spiro atoms. The molecule has 0 saturated heterocycles. The van der Waals surface area contributed by atoms with Gasteiger partial charge in [-0.15, -0.1) is 0 Å². The minimum atomic E-state index is 0.315. The molecule has 1 saturated carbocycles. The van der Waals surface area contributed by atoms with Crippen molar-refractivity contribution in [1.82, 2.24) is 19.9 Å². The summed E-state index contributed by atoms with van der Waals surface area (Å²) in [6.45, 7) is 9.80. The van der Waals surface area contributed by atoms with Crippen LogP contribution in [0.2, 0.25) is 0 Å². The average molecular weight is 286 g/mol. The normalized spacial score (nSPS) is 18.7. The van der Waals surface area contributed by atoms with Gasteiger partial charge in [-0.2, -0.15) is 5.10 Å². The number of hydrogen-bond donors (Lipinski definition) is 1. The summed E-state index contributed by atoms with van der Waals surface area (Å²) in [6, 6.07) is 2.34. The molecule has 0 radical (unpaired) electrons. The van der Waals surface area contributed by atoms with Gasteiger partial charge in [-0.25, -0.2) is 9.50 Å². The van der Waals surface area contributed by atoms with Gasteiger partial charge in [-0.05, 0) is 45.4 Å². The van der Waals surface area contributed by atoms with Gasteiger partial charge in [0, 0.05) is 36.1 Å². The summed E-state index contributed by atoms with van der Waals surface area (Å²) in [5, 5.41) is 8.26. The van der Waals surface area contributed by atoms with Crippen molar-refractivity contribution >= 4 is 5.65 Å². The van der Waals surface area contributed by atoms with E-state index in [4.69, 9.17) is 0 Å². The van der Waals surface area contributed by atoms with Crippen LogP contribution in [0.15, 0.2) is 12.3 Å². The maximum atomic E-state index is 4.54. The first kappa shape index (κ1) is 14.5. The molecule has 1 aliphatic carbocycles. The fourth-order valence-electron chi connectivity index (χ4n) is 3.41. The third-order valence-electron chi connectivity index (χ3n) is 5.30. The molecule has 2 aromatic rings. The van der Waals surface area contributed by atoms with E-state index in [0.29, 0.717) is 11.5 Å². The molecule has 114 valence electrons. The highest BCUT2D eigenvalue weighted by Crippen LogP contribution is 2.43. The van der Waals surface area contributed by atoms with Crippen molar-refractivity contribution in [2.24, 2.45) is 5.41 Å². The molecular formula is C17H26N4. The van der Waals surface area contributed by atoms with Crippen molar-refractivity contribution in [2.45, 2.75) is 59.4 Å². The Labute approximate surface area is 127 Å². The van der Waals surface area contributed by atoms with Crippen LogP contribution in [0, 0.1) is 19.3 Å². The number of aryl methyl sites for hydroxylation is 2. The van der Waals surface area contributed by atoms with E-state index in [1.165, 1.54) is 36.9 Å². The monoisotopic (exact) mass is 286 g/mol. The fraction of sp³-hybridized carbons (Fsp3) is 0.647. The minimum absolute atomic E-state index is 0.315. The number of nitrogens with one attached hydrogen (secondary N) is 1. The molecular weight excluding hydrogens is 260 g/mol. The zero-order valence-electron chi connectivity index (χ0n) is 13.6. The van der Waals surface area contributed by atoms with Crippen LogP contribution in [-0.4, -0.2) is 21.1 Å². The zero-order valence-corrected chi connectivity index (χ0v) is 13.6. The Morgan fingerprint density at radius 2 is 2.14 bits per heavy atom. The second-order valence-corrected chi connectivity index (χ2v) is 6.66. The second kappa shape index (κ2) is 5.41. The SMILES string of the molecule is CCC1(CNC(C)c2cnc3cc(C)nn3c2C)CCC1. The number of nitrogens with zero attached hydrogens (tertiary/aromatic N) is 3. The Kier molecular flexibility index (Phi) is 3.74. The molecule has 0 amide bonds. The molecule has 0 aromatic carbocycles. The Morgan fingerprint density at radius 1 is 1.38 bits per heavy atom. The maximum Gasteiger partial charge on any atom is 0.155 e. The van der Waals surface area contributed by atoms with Crippen LogP contribution in [-0.2, 0) is 0 Å². The first-order valence-corrected chi connectivity index (χ1v) is 8.10. The molecule has 3 rings (SSSR count). The highest BCUT2D eigenvalue weighted by molar-refractivity contribution is 5.42. The highest BCUT2D eigenvalue weighted by Gasteiger charge is 2.35. The standard InChI is InChI=1S/C17H26N4/c1-5-17(7-6-8-17)11-19-13(3)15-10-18-16-9-12(2)20-21(16)14(15)4/h9-10,13,19H,5-8,11H2,1-4H3. The Bertz CT molecular complexity index is 634. The molecule has 4 heteroatoms. The Morgan fingerprint density at radius 3 is 2.76 bits per heavy atom. The van der Waals surface area contributed by atoms with Gasteiger partial charge in [-0.3, -0.25) is 0 Å². The molecule has 1 aliphatic rings. The lowest BCUT2D eigenvalue weighted by atomic mass is 9.67. The molecule has 0 aliphatic heterocycles.